The topological polar surface area (TPSA) is 49.4 Å². The first kappa shape index (κ1) is 20.6. The molecule has 0 heterocycles. The molecule has 0 aromatic heterocycles. The molecule has 27 heavy (non-hydrogen) atoms. The Morgan fingerprint density at radius 3 is 2.41 bits per heavy atom. The maximum Gasteiger partial charge on any atom is 0.242 e. The second-order valence-electron chi connectivity index (χ2n) is 7.12. The molecular weight excluding hydrogens is 343 g/mol. The second kappa shape index (κ2) is 9.31. The lowest BCUT2D eigenvalue weighted by Gasteiger charge is -2.29. The fourth-order valence-electron chi connectivity index (χ4n) is 2.90. The summed E-state index contributed by atoms with van der Waals surface area (Å²) in [6.45, 7) is 7.71. The SMILES string of the molecule is Cc1cccc(CN(C(=O)Cc2ccccc2F)C(C)C(=O)NC(C)C)c1. The van der Waals surface area contributed by atoms with Gasteiger partial charge in [0.2, 0.25) is 11.8 Å². The highest BCUT2D eigenvalue weighted by molar-refractivity contribution is 5.88. The van der Waals surface area contributed by atoms with Crippen LogP contribution in [0.15, 0.2) is 48.5 Å². The lowest BCUT2D eigenvalue weighted by molar-refractivity contribution is -0.140. The van der Waals surface area contributed by atoms with Crippen molar-refractivity contribution in [2.24, 2.45) is 0 Å². The molecular formula is C22H27FN2O2. The summed E-state index contributed by atoms with van der Waals surface area (Å²) in [5, 5.41) is 2.84. The number of hydrogen-bond donors (Lipinski definition) is 1. The predicted molar refractivity (Wildman–Crippen MR) is 105 cm³/mol. The zero-order valence-corrected chi connectivity index (χ0v) is 16.3. The number of hydrogen-bond acceptors (Lipinski definition) is 2. The predicted octanol–water partition coefficient (Wildman–Crippen LogP) is 3.62. The van der Waals surface area contributed by atoms with Crippen LogP contribution in [-0.2, 0) is 22.6 Å². The summed E-state index contributed by atoms with van der Waals surface area (Å²) in [6.07, 6.45) is -0.0855. The van der Waals surface area contributed by atoms with Crippen LogP contribution >= 0.6 is 0 Å². The second-order valence-corrected chi connectivity index (χ2v) is 7.12. The quantitative estimate of drug-likeness (QED) is 0.809. The number of carbonyl (C=O) groups is 2. The Morgan fingerprint density at radius 2 is 1.78 bits per heavy atom. The van der Waals surface area contributed by atoms with Gasteiger partial charge < -0.3 is 10.2 Å². The van der Waals surface area contributed by atoms with E-state index in [4.69, 9.17) is 0 Å². The first-order valence-corrected chi connectivity index (χ1v) is 9.16. The minimum absolute atomic E-state index is 0.0255. The summed E-state index contributed by atoms with van der Waals surface area (Å²) >= 11 is 0. The van der Waals surface area contributed by atoms with E-state index in [2.05, 4.69) is 5.32 Å². The van der Waals surface area contributed by atoms with Crippen LogP contribution in [0.1, 0.15) is 37.5 Å². The average molecular weight is 370 g/mol. The van der Waals surface area contributed by atoms with E-state index in [1.807, 2.05) is 45.0 Å². The number of benzene rings is 2. The van der Waals surface area contributed by atoms with E-state index in [1.165, 1.54) is 11.0 Å². The third kappa shape index (κ3) is 5.91. The molecule has 1 N–H and O–H groups in total. The molecule has 1 atom stereocenters. The van der Waals surface area contributed by atoms with Crippen LogP contribution in [0.4, 0.5) is 4.39 Å². The molecule has 5 heteroatoms. The van der Waals surface area contributed by atoms with Crippen LogP contribution in [0.2, 0.25) is 0 Å². The molecule has 0 fully saturated rings. The van der Waals surface area contributed by atoms with Gasteiger partial charge in [-0.15, -0.1) is 0 Å². The summed E-state index contributed by atoms with van der Waals surface area (Å²) in [5.41, 5.74) is 2.34. The molecule has 0 saturated heterocycles. The fraction of sp³-hybridized carbons (Fsp3) is 0.364. The van der Waals surface area contributed by atoms with Crippen LogP contribution in [-0.4, -0.2) is 28.8 Å². The Morgan fingerprint density at radius 1 is 1.07 bits per heavy atom. The summed E-state index contributed by atoms with van der Waals surface area (Å²) in [7, 11) is 0. The van der Waals surface area contributed by atoms with Crippen molar-refractivity contribution in [1.29, 1.82) is 0 Å². The molecule has 0 spiro atoms. The standard InChI is InChI=1S/C22H27FN2O2/c1-15(2)24-22(27)17(4)25(14-18-9-7-8-16(3)12-18)21(26)13-19-10-5-6-11-20(19)23/h5-12,15,17H,13-14H2,1-4H3,(H,24,27). The number of amides is 2. The molecule has 2 aromatic rings. The monoisotopic (exact) mass is 370 g/mol. The van der Waals surface area contributed by atoms with Gasteiger partial charge in [-0.05, 0) is 44.9 Å². The molecule has 2 amide bonds. The van der Waals surface area contributed by atoms with Gasteiger partial charge in [0.15, 0.2) is 0 Å². The minimum Gasteiger partial charge on any atom is -0.352 e. The Labute approximate surface area is 160 Å². The van der Waals surface area contributed by atoms with E-state index in [-0.39, 0.29) is 24.3 Å². The number of rotatable bonds is 7. The summed E-state index contributed by atoms with van der Waals surface area (Å²) in [5.74, 6) is -0.923. The van der Waals surface area contributed by atoms with Gasteiger partial charge in [0.05, 0.1) is 6.42 Å². The smallest absolute Gasteiger partial charge is 0.242 e. The molecule has 0 radical (unpaired) electrons. The molecule has 2 aromatic carbocycles. The Hall–Kier alpha value is -2.69. The summed E-state index contributed by atoms with van der Waals surface area (Å²) < 4.78 is 14.0. The van der Waals surface area contributed by atoms with Crippen molar-refractivity contribution < 1.29 is 14.0 Å². The van der Waals surface area contributed by atoms with Gasteiger partial charge >= 0.3 is 0 Å². The van der Waals surface area contributed by atoms with Crippen molar-refractivity contribution in [2.45, 2.75) is 52.7 Å². The van der Waals surface area contributed by atoms with Crippen LogP contribution < -0.4 is 5.32 Å². The van der Waals surface area contributed by atoms with Gasteiger partial charge in [-0.3, -0.25) is 9.59 Å². The van der Waals surface area contributed by atoms with Crippen LogP contribution in [0.3, 0.4) is 0 Å². The highest BCUT2D eigenvalue weighted by Gasteiger charge is 2.27. The largest absolute Gasteiger partial charge is 0.352 e. The van der Waals surface area contributed by atoms with Gasteiger partial charge in [0.25, 0.3) is 0 Å². The van der Waals surface area contributed by atoms with Gasteiger partial charge in [-0.25, -0.2) is 4.39 Å². The highest BCUT2D eigenvalue weighted by Crippen LogP contribution is 2.15. The molecule has 2 rings (SSSR count). The van der Waals surface area contributed by atoms with Gasteiger partial charge in [-0.1, -0.05) is 48.0 Å². The molecule has 0 aliphatic heterocycles. The first-order valence-electron chi connectivity index (χ1n) is 9.16. The molecule has 0 saturated carbocycles. The average Bonchev–Trinajstić information content (AvgIpc) is 2.60. The van der Waals surface area contributed by atoms with Crippen molar-refractivity contribution in [2.75, 3.05) is 0 Å². The summed E-state index contributed by atoms with van der Waals surface area (Å²) in [6, 6.07) is 13.3. The maximum absolute atomic E-state index is 14.0. The molecule has 0 aliphatic carbocycles. The Balaban J connectivity index is 2.26. The third-order valence-electron chi connectivity index (χ3n) is 4.33. The lowest BCUT2D eigenvalue weighted by Crippen LogP contribution is -2.49. The van der Waals surface area contributed by atoms with Crippen molar-refractivity contribution in [1.82, 2.24) is 10.2 Å². The maximum atomic E-state index is 14.0. The van der Waals surface area contributed by atoms with Crippen molar-refractivity contribution in [3.8, 4) is 0 Å². The van der Waals surface area contributed by atoms with Gasteiger partial charge in [0, 0.05) is 12.6 Å². The third-order valence-corrected chi connectivity index (χ3v) is 4.33. The zero-order valence-electron chi connectivity index (χ0n) is 16.3. The lowest BCUT2D eigenvalue weighted by atomic mass is 10.1. The number of aryl methyl sites for hydroxylation is 1. The molecule has 1 unspecified atom stereocenters. The van der Waals surface area contributed by atoms with E-state index in [0.717, 1.165) is 11.1 Å². The number of halogens is 1. The zero-order chi connectivity index (χ0) is 20.0. The van der Waals surface area contributed by atoms with Crippen molar-refractivity contribution in [3.05, 3.63) is 71.0 Å². The molecule has 144 valence electrons. The fourth-order valence-corrected chi connectivity index (χ4v) is 2.90. The van der Waals surface area contributed by atoms with E-state index in [0.29, 0.717) is 12.1 Å². The van der Waals surface area contributed by atoms with Crippen LogP contribution in [0, 0.1) is 12.7 Å². The van der Waals surface area contributed by atoms with E-state index < -0.39 is 11.9 Å². The van der Waals surface area contributed by atoms with Crippen molar-refractivity contribution >= 4 is 11.8 Å². The molecule has 0 aliphatic rings. The van der Waals surface area contributed by atoms with E-state index in [9.17, 15) is 14.0 Å². The first-order chi connectivity index (χ1) is 12.8. The van der Waals surface area contributed by atoms with Crippen molar-refractivity contribution in [3.63, 3.8) is 0 Å². The van der Waals surface area contributed by atoms with Gasteiger partial charge in [-0.2, -0.15) is 0 Å². The van der Waals surface area contributed by atoms with E-state index in [1.54, 1.807) is 25.1 Å². The Kier molecular flexibility index (Phi) is 7.11. The number of nitrogens with one attached hydrogen (secondary N) is 1. The normalized spacial score (nSPS) is 11.9. The highest BCUT2D eigenvalue weighted by atomic mass is 19.1. The number of nitrogens with zero attached hydrogens (tertiary/aromatic N) is 1. The number of carbonyl (C=O) groups excluding carboxylic acids is 2. The van der Waals surface area contributed by atoms with E-state index >= 15 is 0 Å². The Bertz CT molecular complexity index is 804. The van der Waals surface area contributed by atoms with Crippen LogP contribution in [0.25, 0.3) is 0 Å². The van der Waals surface area contributed by atoms with Gasteiger partial charge in [0.1, 0.15) is 11.9 Å². The minimum atomic E-state index is -0.660. The summed E-state index contributed by atoms with van der Waals surface area (Å²) in [4.78, 5) is 27.0. The molecule has 4 nitrogen and oxygen atoms in total. The van der Waals surface area contributed by atoms with Crippen LogP contribution in [0.5, 0.6) is 0 Å². The molecule has 0 bridgehead atoms.